The third-order valence-electron chi connectivity index (χ3n) is 4.82. The summed E-state index contributed by atoms with van der Waals surface area (Å²) in [6.45, 7) is 9.66. The van der Waals surface area contributed by atoms with Crippen LogP contribution in [0.5, 0.6) is 0 Å². The van der Waals surface area contributed by atoms with Gasteiger partial charge < -0.3 is 15.0 Å². The van der Waals surface area contributed by atoms with E-state index in [-0.39, 0.29) is 12.1 Å². The first-order chi connectivity index (χ1) is 10.1. The van der Waals surface area contributed by atoms with Crippen molar-refractivity contribution in [2.75, 3.05) is 26.3 Å². The average molecular weight is 296 g/mol. The number of rotatable bonds is 4. The summed E-state index contributed by atoms with van der Waals surface area (Å²) in [5.41, 5.74) is 0. The lowest BCUT2D eigenvalue weighted by Gasteiger charge is -2.37. The molecule has 21 heavy (non-hydrogen) atoms. The number of ether oxygens (including phenoxy) is 1. The second kappa shape index (κ2) is 8.02. The number of urea groups is 1. The summed E-state index contributed by atoms with van der Waals surface area (Å²) >= 11 is 0. The van der Waals surface area contributed by atoms with Crippen molar-refractivity contribution in [2.45, 2.75) is 58.9 Å². The van der Waals surface area contributed by atoms with E-state index in [1.54, 1.807) is 0 Å². The van der Waals surface area contributed by atoms with Gasteiger partial charge in [-0.05, 0) is 37.0 Å². The fourth-order valence-electron chi connectivity index (χ4n) is 3.74. The molecule has 1 saturated carbocycles. The lowest BCUT2D eigenvalue weighted by atomic mass is 9.82. The minimum atomic E-state index is 0.113. The number of nitrogens with zero attached hydrogens (tertiary/aromatic N) is 1. The van der Waals surface area contributed by atoms with Crippen LogP contribution in [-0.2, 0) is 4.74 Å². The maximum Gasteiger partial charge on any atom is 0.317 e. The first-order valence-corrected chi connectivity index (χ1v) is 8.68. The number of hydrogen-bond acceptors (Lipinski definition) is 2. The van der Waals surface area contributed by atoms with Crippen LogP contribution in [0.25, 0.3) is 0 Å². The third kappa shape index (κ3) is 5.17. The lowest BCUT2D eigenvalue weighted by molar-refractivity contribution is 0.00530. The summed E-state index contributed by atoms with van der Waals surface area (Å²) in [6, 6.07) is 0.353. The molecule has 1 N–H and O–H groups in total. The van der Waals surface area contributed by atoms with E-state index >= 15 is 0 Å². The number of amides is 2. The molecule has 4 heteroatoms. The van der Waals surface area contributed by atoms with Gasteiger partial charge in [-0.2, -0.15) is 0 Å². The second-order valence-corrected chi connectivity index (χ2v) is 7.38. The van der Waals surface area contributed by atoms with Crippen molar-refractivity contribution in [1.29, 1.82) is 0 Å². The molecule has 0 aromatic heterocycles. The molecule has 0 bridgehead atoms. The van der Waals surface area contributed by atoms with Gasteiger partial charge >= 0.3 is 6.03 Å². The Hall–Kier alpha value is -0.770. The number of carbonyl (C=O) groups is 1. The molecule has 2 rings (SSSR count). The quantitative estimate of drug-likeness (QED) is 0.865. The summed E-state index contributed by atoms with van der Waals surface area (Å²) in [7, 11) is 0. The van der Waals surface area contributed by atoms with Crippen molar-refractivity contribution >= 4 is 6.03 Å². The predicted octanol–water partition coefficient (Wildman–Crippen LogP) is 3.27. The zero-order valence-corrected chi connectivity index (χ0v) is 13.9. The molecule has 4 nitrogen and oxygen atoms in total. The van der Waals surface area contributed by atoms with Crippen LogP contribution in [0.4, 0.5) is 4.79 Å². The molecule has 0 aromatic rings. The Morgan fingerprint density at radius 3 is 2.90 bits per heavy atom. The Bertz CT molecular complexity index is 333. The minimum absolute atomic E-state index is 0.113. The van der Waals surface area contributed by atoms with Crippen LogP contribution in [0.3, 0.4) is 0 Å². The van der Waals surface area contributed by atoms with E-state index in [9.17, 15) is 4.79 Å². The molecule has 2 fully saturated rings. The molecule has 1 saturated heterocycles. The molecule has 0 aromatic carbocycles. The van der Waals surface area contributed by atoms with E-state index in [4.69, 9.17) is 4.74 Å². The monoisotopic (exact) mass is 296 g/mol. The second-order valence-electron chi connectivity index (χ2n) is 7.38. The minimum Gasteiger partial charge on any atom is -0.377 e. The van der Waals surface area contributed by atoms with Crippen LogP contribution in [0, 0.1) is 17.8 Å². The Balaban J connectivity index is 1.80. The van der Waals surface area contributed by atoms with Crippen LogP contribution in [0.15, 0.2) is 0 Å². The third-order valence-corrected chi connectivity index (χ3v) is 4.82. The lowest BCUT2D eigenvalue weighted by Crippen LogP contribution is -2.53. The van der Waals surface area contributed by atoms with Crippen molar-refractivity contribution in [3.8, 4) is 0 Å². The van der Waals surface area contributed by atoms with Crippen LogP contribution >= 0.6 is 0 Å². The summed E-state index contributed by atoms with van der Waals surface area (Å²) in [4.78, 5) is 14.5. The predicted molar refractivity (Wildman–Crippen MR) is 85.3 cm³/mol. The first kappa shape index (κ1) is 16.6. The van der Waals surface area contributed by atoms with Gasteiger partial charge in [-0.3, -0.25) is 0 Å². The normalized spacial score (nSPS) is 30.5. The Kier molecular flexibility index (Phi) is 6.34. The van der Waals surface area contributed by atoms with Crippen LogP contribution in [0.2, 0.25) is 0 Å². The van der Waals surface area contributed by atoms with Crippen molar-refractivity contribution in [2.24, 2.45) is 17.8 Å². The van der Waals surface area contributed by atoms with Gasteiger partial charge in [0, 0.05) is 13.1 Å². The fourth-order valence-corrected chi connectivity index (χ4v) is 3.74. The number of morpholine rings is 1. The van der Waals surface area contributed by atoms with E-state index in [0.717, 1.165) is 25.4 Å². The molecule has 1 heterocycles. The van der Waals surface area contributed by atoms with Gasteiger partial charge in [0.05, 0.1) is 19.3 Å². The summed E-state index contributed by atoms with van der Waals surface area (Å²) in [6.07, 6.45) is 6.22. The maximum atomic E-state index is 12.5. The van der Waals surface area contributed by atoms with E-state index in [0.29, 0.717) is 25.0 Å². The van der Waals surface area contributed by atoms with E-state index < -0.39 is 0 Å². The number of hydrogen-bond donors (Lipinski definition) is 1. The Labute approximate surface area is 129 Å². The molecule has 1 aliphatic carbocycles. The molecule has 2 amide bonds. The molecule has 122 valence electrons. The summed E-state index contributed by atoms with van der Waals surface area (Å²) < 4.78 is 5.55. The van der Waals surface area contributed by atoms with E-state index in [1.807, 2.05) is 4.90 Å². The van der Waals surface area contributed by atoms with Gasteiger partial charge in [-0.1, -0.05) is 33.6 Å². The molecule has 3 atom stereocenters. The number of nitrogens with one attached hydrogen (secondary N) is 1. The van der Waals surface area contributed by atoms with Crippen LogP contribution in [0.1, 0.15) is 52.9 Å². The zero-order chi connectivity index (χ0) is 15.2. The van der Waals surface area contributed by atoms with Crippen molar-refractivity contribution < 1.29 is 9.53 Å². The molecule has 1 aliphatic heterocycles. The van der Waals surface area contributed by atoms with Gasteiger partial charge in [0.1, 0.15) is 0 Å². The standard InChI is InChI=1S/C17H32N2O2/c1-13(2)9-16-12-21-8-7-19(16)17(20)18-11-15-6-4-5-14(3)10-15/h13-16H,4-12H2,1-3H3,(H,18,20)/t14-,15+,16-/m1/s1. The molecule has 0 radical (unpaired) electrons. The highest BCUT2D eigenvalue weighted by Crippen LogP contribution is 2.28. The SMILES string of the molecule is CC(C)C[C@@H]1COCCN1C(=O)NC[C@H]1CCC[C@@H](C)C1. The van der Waals surface area contributed by atoms with Gasteiger partial charge in [0.25, 0.3) is 0 Å². The summed E-state index contributed by atoms with van der Waals surface area (Å²) in [5.74, 6) is 2.08. The topological polar surface area (TPSA) is 41.6 Å². The first-order valence-electron chi connectivity index (χ1n) is 8.68. The van der Waals surface area contributed by atoms with Crippen molar-refractivity contribution in [3.63, 3.8) is 0 Å². The Morgan fingerprint density at radius 1 is 1.38 bits per heavy atom. The zero-order valence-electron chi connectivity index (χ0n) is 13.9. The largest absolute Gasteiger partial charge is 0.377 e. The molecule has 0 unspecified atom stereocenters. The highest BCUT2D eigenvalue weighted by atomic mass is 16.5. The maximum absolute atomic E-state index is 12.5. The summed E-state index contributed by atoms with van der Waals surface area (Å²) in [5, 5.41) is 3.18. The van der Waals surface area contributed by atoms with E-state index in [2.05, 4.69) is 26.1 Å². The molecular weight excluding hydrogens is 264 g/mol. The Morgan fingerprint density at radius 2 is 2.19 bits per heavy atom. The average Bonchev–Trinajstić information content (AvgIpc) is 2.45. The van der Waals surface area contributed by atoms with Gasteiger partial charge in [-0.25, -0.2) is 4.79 Å². The van der Waals surface area contributed by atoms with Crippen LogP contribution in [-0.4, -0.2) is 43.3 Å². The van der Waals surface area contributed by atoms with Crippen LogP contribution < -0.4 is 5.32 Å². The van der Waals surface area contributed by atoms with E-state index in [1.165, 1.54) is 25.7 Å². The molecule has 0 spiro atoms. The fraction of sp³-hybridized carbons (Fsp3) is 0.941. The van der Waals surface area contributed by atoms with Crippen molar-refractivity contribution in [1.82, 2.24) is 10.2 Å². The molecule has 2 aliphatic rings. The van der Waals surface area contributed by atoms with Crippen molar-refractivity contribution in [3.05, 3.63) is 0 Å². The highest BCUT2D eigenvalue weighted by molar-refractivity contribution is 5.74. The van der Waals surface area contributed by atoms with Gasteiger partial charge in [-0.15, -0.1) is 0 Å². The van der Waals surface area contributed by atoms with Gasteiger partial charge in [0.15, 0.2) is 0 Å². The smallest absolute Gasteiger partial charge is 0.317 e. The highest BCUT2D eigenvalue weighted by Gasteiger charge is 2.28. The van der Waals surface area contributed by atoms with Gasteiger partial charge in [0.2, 0.25) is 0 Å². The number of carbonyl (C=O) groups excluding carboxylic acids is 1. The molecular formula is C17H32N2O2.